The third-order valence-corrected chi connectivity index (χ3v) is 2.68. The Bertz CT molecular complexity index is 482. The van der Waals surface area contributed by atoms with Crippen molar-refractivity contribution < 1.29 is 0 Å². The molecule has 0 radical (unpaired) electrons. The lowest BCUT2D eigenvalue weighted by Gasteiger charge is -2.04. The highest BCUT2D eigenvalue weighted by molar-refractivity contribution is 6.45. The number of hydrogen-bond donors (Lipinski definition) is 3. The zero-order valence-corrected chi connectivity index (χ0v) is 11.1. The summed E-state index contributed by atoms with van der Waals surface area (Å²) < 4.78 is 0. The molecule has 0 aromatic heterocycles. The van der Waals surface area contributed by atoms with E-state index in [-0.39, 0.29) is 11.5 Å². The molecular weight excluding hydrogens is 238 g/mol. The number of anilines is 1. The zero-order valence-electron chi connectivity index (χ0n) is 11.1. The molecule has 4 N–H and O–H groups in total. The molecule has 5 heteroatoms. The van der Waals surface area contributed by atoms with Crippen LogP contribution in [0.15, 0.2) is 29.4 Å². The molecule has 0 bridgehead atoms. The van der Waals surface area contributed by atoms with Gasteiger partial charge in [-0.15, -0.1) is 0 Å². The molecule has 0 atom stereocenters. The van der Waals surface area contributed by atoms with Crippen molar-refractivity contribution in [2.45, 2.75) is 32.6 Å². The van der Waals surface area contributed by atoms with Gasteiger partial charge in [0, 0.05) is 0 Å². The maximum atomic E-state index is 8.70. The number of hydrogen-bond acceptors (Lipinski definition) is 4. The summed E-state index contributed by atoms with van der Waals surface area (Å²) in [6, 6.07) is 9.63. The second kappa shape index (κ2) is 7.88. The van der Waals surface area contributed by atoms with Crippen LogP contribution in [-0.2, 0) is 6.42 Å². The third-order valence-electron chi connectivity index (χ3n) is 2.68. The Labute approximate surface area is 113 Å². The fourth-order valence-electron chi connectivity index (χ4n) is 1.59. The average Bonchev–Trinajstić information content (AvgIpc) is 2.41. The smallest absolute Gasteiger partial charge is 0.201 e. The molecule has 1 aromatic carbocycles. The van der Waals surface area contributed by atoms with Gasteiger partial charge in [-0.05, 0) is 30.5 Å². The second-order valence-corrected chi connectivity index (χ2v) is 4.25. The van der Waals surface area contributed by atoms with Gasteiger partial charge in [-0.1, -0.05) is 31.9 Å². The van der Waals surface area contributed by atoms with Crippen molar-refractivity contribution in [3.05, 3.63) is 29.8 Å². The summed E-state index contributed by atoms with van der Waals surface area (Å²) >= 11 is 0. The Morgan fingerprint density at radius 2 is 2.05 bits per heavy atom. The fraction of sp³-hybridized carbons (Fsp3) is 0.357. The first kappa shape index (κ1) is 14.7. The van der Waals surface area contributed by atoms with E-state index in [1.165, 1.54) is 24.8 Å². The predicted octanol–water partition coefficient (Wildman–Crippen LogP) is 2.65. The Morgan fingerprint density at radius 3 is 2.58 bits per heavy atom. The summed E-state index contributed by atoms with van der Waals surface area (Å²) in [7, 11) is 0. The SMILES string of the molecule is CCCCCc1ccc(N/N=C(\C#N)C(=N)N)cc1. The normalized spacial score (nSPS) is 10.8. The molecule has 0 aliphatic carbocycles. The molecule has 5 nitrogen and oxygen atoms in total. The number of nitriles is 1. The van der Waals surface area contributed by atoms with Gasteiger partial charge < -0.3 is 5.73 Å². The molecule has 0 aliphatic heterocycles. The molecule has 0 heterocycles. The summed E-state index contributed by atoms with van der Waals surface area (Å²) in [5.41, 5.74) is 9.85. The van der Waals surface area contributed by atoms with Crippen molar-refractivity contribution in [1.29, 1.82) is 10.7 Å². The maximum Gasteiger partial charge on any atom is 0.201 e. The predicted molar refractivity (Wildman–Crippen MR) is 78.3 cm³/mol. The molecule has 0 spiro atoms. The van der Waals surface area contributed by atoms with E-state index in [4.69, 9.17) is 16.4 Å². The molecule has 19 heavy (non-hydrogen) atoms. The van der Waals surface area contributed by atoms with Gasteiger partial charge in [0.15, 0.2) is 5.84 Å². The highest BCUT2D eigenvalue weighted by Gasteiger charge is 2.00. The fourth-order valence-corrected chi connectivity index (χ4v) is 1.59. The molecule has 1 aromatic rings. The first-order chi connectivity index (χ1) is 9.17. The van der Waals surface area contributed by atoms with Crippen LogP contribution < -0.4 is 11.2 Å². The van der Waals surface area contributed by atoms with Crippen LogP contribution in [0.4, 0.5) is 5.69 Å². The minimum Gasteiger partial charge on any atom is -0.382 e. The van der Waals surface area contributed by atoms with Crippen molar-refractivity contribution in [2.75, 3.05) is 5.43 Å². The second-order valence-electron chi connectivity index (χ2n) is 4.25. The van der Waals surface area contributed by atoms with Crippen LogP contribution in [0, 0.1) is 16.7 Å². The molecule has 0 saturated carbocycles. The van der Waals surface area contributed by atoms with Crippen LogP contribution in [0.5, 0.6) is 0 Å². The highest BCUT2D eigenvalue weighted by Crippen LogP contribution is 2.12. The van der Waals surface area contributed by atoms with E-state index >= 15 is 0 Å². The van der Waals surface area contributed by atoms with Crippen LogP contribution in [0.2, 0.25) is 0 Å². The van der Waals surface area contributed by atoms with Gasteiger partial charge in [0.05, 0.1) is 5.69 Å². The zero-order chi connectivity index (χ0) is 14.1. The number of nitrogens with two attached hydrogens (primary N) is 1. The Morgan fingerprint density at radius 1 is 1.37 bits per heavy atom. The lowest BCUT2D eigenvalue weighted by molar-refractivity contribution is 0.717. The maximum absolute atomic E-state index is 8.70. The highest BCUT2D eigenvalue weighted by atomic mass is 15.3. The van der Waals surface area contributed by atoms with Gasteiger partial charge in [-0.2, -0.15) is 10.4 Å². The Balaban J connectivity index is 2.57. The van der Waals surface area contributed by atoms with E-state index < -0.39 is 0 Å². The largest absolute Gasteiger partial charge is 0.382 e. The van der Waals surface area contributed by atoms with Gasteiger partial charge in [0.2, 0.25) is 5.71 Å². The minimum atomic E-state index is -0.341. The summed E-state index contributed by atoms with van der Waals surface area (Å²) in [6.07, 6.45) is 4.74. The van der Waals surface area contributed by atoms with E-state index in [0.29, 0.717) is 0 Å². The number of nitrogens with one attached hydrogen (secondary N) is 2. The van der Waals surface area contributed by atoms with Gasteiger partial charge in [-0.3, -0.25) is 10.8 Å². The van der Waals surface area contributed by atoms with Crippen LogP contribution >= 0.6 is 0 Å². The van der Waals surface area contributed by atoms with Gasteiger partial charge in [0.25, 0.3) is 0 Å². The topological polar surface area (TPSA) is 98.0 Å². The monoisotopic (exact) mass is 257 g/mol. The number of rotatable bonds is 7. The minimum absolute atomic E-state index is 0.118. The Kier molecular flexibility index (Phi) is 6.10. The number of unbranched alkanes of at least 4 members (excludes halogenated alkanes) is 2. The van der Waals surface area contributed by atoms with E-state index in [1.54, 1.807) is 6.07 Å². The van der Waals surface area contributed by atoms with Crippen molar-refractivity contribution in [3.63, 3.8) is 0 Å². The van der Waals surface area contributed by atoms with E-state index in [9.17, 15) is 0 Å². The Hall–Kier alpha value is -2.35. The van der Waals surface area contributed by atoms with Crippen molar-refractivity contribution in [2.24, 2.45) is 10.8 Å². The third kappa shape index (κ3) is 5.21. The number of hydrazone groups is 1. The number of amidine groups is 1. The molecule has 0 amide bonds. The quantitative estimate of drug-likeness (QED) is 0.303. The van der Waals surface area contributed by atoms with Crippen LogP contribution in [0.1, 0.15) is 31.7 Å². The van der Waals surface area contributed by atoms with Crippen molar-refractivity contribution >= 4 is 17.2 Å². The van der Waals surface area contributed by atoms with E-state index in [2.05, 4.69) is 17.5 Å². The molecule has 0 fully saturated rings. The number of benzene rings is 1. The summed E-state index contributed by atoms with van der Waals surface area (Å²) in [4.78, 5) is 0. The first-order valence-corrected chi connectivity index (χ1v) is 6.34. The molecule has 1 rings (SSSR count). The summed E-state index contributed by atoms with van der Waals surface area (Å²) in [6.45, 7) is 2.19. The average molecular weight is 257 g/mol. The molecule has 0 saturated heterocycles. The first-order valence-electron chi connectivity index (χ1n) is 6.34. The van der Waals surface area contributed by atoms with Gasteiger partial charge in [-0.25, -0.2) is 0 Å². The molecule has 100 valence electrons. The van der Waals surface area contributed by atoms with E-state index in [1.807, 2.05) is 24.3 Å². The summed E-state index contributed by atoms with van der Waals surface area (Å²) in [5, 5.41) is 19.6. The molecular formula is C14H19N5. The lowest BCUT2D eigenvalue weighted by Crippen LogP contribution is -2.21. The standard InChI is InChI=1S/C14H19N5/c1-2-3-4-5-11-6-8-12(9-7-11)18-19-13(10-15)14(16)17/h6-9,18H,2-5H2,1H3,(H3,16,17)/b19-13+. The van der Waals surface area contributed by atoms with Gasteiger partial charge >= 0.3 is 0 Å². The lowest BCUT2D eigenvalue weighted by atomic mass is 10.1. The van der Waals surface area contributed by atoms with Crippen LogP contribution in [0.25, 0.3) is 0 Å². The number of aryl methyl sites for hydroxylation is 1. The summed E-state index contributed by atoms with van der Waals surface area (Å²) in [5.74, 6) is -0.341. The van der Waals surface area contributed by atoms with Gasteiger partial charge in [0.1, 0.15) is 6.07 Å². The van der Waals surface area contributed by atoms with Crippen LogP contribution in [0.3, 0.4) is 0 Å². The van der Waals surface area contributed by atoms with Crippen molar-refractivity contribution in [3.8, 4) is 6.07 Å². The van der Waals surface area contributed by atoms with Crippen LogP contribution in [-0.4, -0.2) is 11.5 Å². The molecule has 0 aliphatic rings. The number of nitrogens with zero attached hydrogens (tertiary/aromatic N) is 2. The molecule has 0 unspecified atom stereocenters. The van der Waals surface area contributed by atoms with Crippen molar-refractivity contribution in [1.82, 2.24) is 0 Å². The van der Waals surface area contributed by atoms with E-state index in [0.717, 1.165) is 12.1 Å².